The highest BCUT2D eigenvalue weighted by atomic mass is 19.1. The average Bonchev–Trinajstić information content (AvgIpc) is 2.58. The SMILES string of the molecule is Cc1ccc(N(c2ccc3c(c2)C2(C(/C=C/Nc4cccc5c4oc4c(F)cccc45)=C3/C=C\c3ccc(C(C)(C)C)cc3)c3ccccc3-c3cc4c5ccccc5c5ccccc5c4cc32)c2cccc3c2oc2ccccc23)cc1. The van der Waals surface area contributed by atoms with Gasteiger partial charge in [0, 0.05) is 39.1 Å². The van der Waals surface area contributed by atoms with Gasteiger partial charge in [0.05, 0.1) is 16.8 Å². The minimum absolute atomic E-state index is 0.0124. The third-order valence-electron chi connectivity index (χ3n) is 17.7. The van der Waals surface area contributed by atoms with E-state index in [0.29, 0.717) is 5.58 Å². The highest BCUT2D eigenvalue weighted by Crippen LogP contribution is 2.64. The number of nitrogens with zero attached hydrogens (tertiary/aromatic N) is 1. The molecule has 0 bridgehead atoms. The van der Waals surface area contributed by atoms with Gasteiger partial charge >= 0.3 is 0 Å². The highest BCUT2D eigenvalue weighted by molar-refractivity contribution is 6.26. The normalized spacial score (nSPS) is 15.0. The van der Waals surface area contributed by atoms with Gasteiger partial charge in [-0.15, -0.1) is 0 Å². The standard InChI is InChI=1S/C78H55FN2O2/c1-47-30-37-50(38-31-47)81(72-28-15-24-60-59-21-10-12-29-73(59)82-76(60)72)51-39-41-58-57(40-34-48-32-35-49(36-33-48)77(2,3)4)67(42-43-80-71-27-14-23-62-61-22-13-26-70(79)74(61)83-75(62)71)78(68(58)44-51)66-25-11-9-20-56(66)65-45-63-54-18-7-5-16-52(54)53-17-6-8-19-55(53)64(63)46-69(65)78/h5-46,80H,1-4H3/b40-34-,43-42+. The average molecular weight is 1070 g/mol. The van der Waals surface area contributed by atoms with Gasteiger partial charge in [-0.3, -0.25) is 0 Å². The monoisotopic (exact) mass is 1070 g/mol. The maximum Gasteiger partial charge on any atom is 0.171 e. The number of nitrogens with one attached hydrogen (secondary N) is 1. The van der Waals surface area contributed by atoms with Crippen LogP contribution in [0.5, 0.6) is 0 Å². The Morgan fingerprint density at radius 3 is 1.80 bits per heavy atom. The van der Waals surface area contributed by atoms with Gasteiger partial charge in [-0.2, -0.15) is 0 Å². The first-order valence-electron chi connectivity index (χ1n) is 28.6. The zero-order valence-electron chi connectivity index (χ0n) is 46.4. The van der Waals surface area contributed by atoms with E-state index in [-0.39, 0.29) is 16.8 Å². The van der Waals surface area contributed by atoms with Crippen LogP contribution in [-0.4, -0.2) is 0 Å². The molecule has 83 heavy (non-hydrogen) atoms. The van der Waals surface area contributed by atoms with Gasteiger partial charge in [0.2, 0.25) is 0 Å². The van der Waals surface area contributed by atoms with Gasteiger partial charge in [0.1, 0.15) is 5.58 Å². The Morgan fingerprint density at radius 2 is 1.05 bits per heavy atom. The molecule has 0 saturated carbocycles. The minimum Gasteiger partial charge on any atom is -0.454 e. The number of halogens is 1. The number of para-hydroxylation sites is 4. The van der Waals surface area contributed by atoms with Gasteiger partial charge in [-0.1, -0.05) is 208 Å². The molecule has 2 heterocycles. The second-order valence-corrected chi connectivity index (χ2v) is 23.4. The Labute approximate surface area is 480 Å². The molecule has 0 radical (unpaired) electrons. The Bertz CT molecular complexity index is 5120. The molecule has 14 aromatic rings. The van der Waals surface area contributed by atoms with Crippen molar-refractivity contribution < 1.29 is 13.2 Å². The summed E-state index contributed by atoms with van der Waals surface area (Å²) in [4.78, 5) is 2.37. The van der Waals surface area contributed by atoms with E-state index >= 15 is 4.39 Å². The third kappa shape index (κ3) is 7.37. The van der Waals surface area contributed by atoms with Crippen LogP contribution in [0.15, 0.2) is 263 Å². The Kier molecular flexibility index (Phi) is 10.8. The van der Waals surface area contributed by atoms with Crippen LogP contribution in [0.4, 0.5) is 27.1 Å². The summed E-state index contributed by atoms with van der Waals surface area (Å²) >= 11 is 0. The summed E-state index contributed by atoms with van der Waals surface area (Å²) < 4.78 is 28.6. The van der Waals surface area contributed by atoms with E-state index in [9.17, 15) is 0 Å². The fourth-order valence-electron chi connectivity index (χ4n) is 13.8. The second-order valence-electron chi connectivity index (χ2n) is 23.4. The molecule has 12 aromatic carbocycles. The Hall–Kier alpha value is -10.2. The second kappa shape index (κ2) is 18.4. The fourth-order valence-corrected chi connectivity index (χ4v) is 13.8. The minimum atomic E-state index is -0.856. The van der Waals surface area contributed by atoms with Crippen LogP contribution in [0, 0.1) is 12.7 Å². The quantitative estimate of drug-likeness (QED) is 0.154. The molecular formula is C78H55FN2O2. The van der Waals surface area contributed by atoms with Crippen molar-refractivity contribution in [2.24, 2.45) is 0 Å². The molecule has 396 valence electrons. The van der Waals surface area contributed by atoms with Gasteiger partial charge in [0.15, 0.2) is 22.6 Å². The molecule has 2 aliphatic carbocycles. The number of anilines is 4. The number of benzene rings is 12. The summed E-state index contributed by atoms with van der Waals surface area (Å²) in [5.41, 5.74) is 18.2. The van der Waals surface area contributed by atoms with Crippen LogP contribution >= 0.6 is 0 Å². The zero-order valence-corrected chi connectivity index (χ0v) is 46.4. The first kappa shape index (κ1) is 48.7. The smallest absolute Gasteiger partial charge is 0.171 e. The van der Waals surface area contributed by atoms with Crippen molar-refractivity contribution in [1.82, 2.24) is 0 Å². The molecule has 0 saturated heterocycles. The lowest BCUT2D eigenvalue weighted by molar-refractivity contribution is 0.584. The Balaban J connectivity index is 0.999. The number of rotatable bonds is 8. The van der Waals surface area contributed by atoms with Crippen molar-refractivity contribution >= 4 is 111 Å². The van der Waals surface area contributed by atoms with Gasteiger partial charge in [-0.05, 0) is 167 Å². The number of furan rings is 2. The van der Waals surface area contributed by atoms with Crippen molar-refractivity contribution in [2.75, 3.05) is 10.2 Å². The molecule has 5 heteroatoms. The highest BCUT2D eigenvalue weighted by Gasteiger charge is 2.52. The number of allylic oxidation sites excluding steroid dienone is 4. The van der Waals surface area contributed by atoms with Crippen molar-refractivity contribution in [3.05, 3.63) is 299 Å². The molecule has 2 aromatic heterocycles. The number of aryl methyl sites for hydroxylation is 1. The third-order valence-corrected chi connectivity index (χ3v) is 17.7. The lowest BCUT2D eigenvalue weighted by Crippen LogP contribution is -2.27. The molecule has 1 spiro atoms. The lowest BCUT2D eigenvalue weighted by Gasteiger charge is -2.33. The van der Waals surface area contributed by atoms with Crippen LogP contribution in [0.25, 0.3) is 99.0 Å². The lowest BCUT2D eigenvalue weighted by atomic mass is 9.69. The van der Waals surface area contributed by atoms with Crippen LogP contribution in [0.1, 0.15) is 59.7 Å². The first-order chi connectivity index (χ1) is 40.6. The summed E-state index contributed by atoms with van der Waals surface area (Å²) in [6.45, 7) is 8.91. The summed E-state index contributed by atoms with van der Waals surface area (Å²) in [5.74, 6) is -0.387. The molecule has 4 nitrogen and oxygen atoms in total. The van der Waals surface area contributed by atoms with Crippen LogP contribution in [0.2, 0.25) is 0 Å². The maximum absolute atomic E-state index is 15.4. The molecule has 0 amide bonds. The molecule has 1 unspecified atom stereocenters. The van der Waals surface area contributed by atoms with Gasteiger partial charge in [0.25, 0.3) is 0 Å². The first-order valence-corrected chi connectivity index (χ1v) is 28.6. The van der Waals surface area contributed by atoms with Crippen molar-refractivity contribution in [3.8, 4) is 11.1 Å². The van der Waals surface area contributed by atoms with E-state index < -0.39 is 5.41 Å². The molecule has 2 aliphatic rings. The molecule has 1 N–H and O–H groups in total. The van der Waals surface area contributed by atoms with Crippen LogP contribution in [0.3, 0.4) is 0 Å². The number of fused-ring (bicyclic) bond motifs is 19. The van der Waals surface area contributed by atoms with E-state index in [2.05, 4.69) is 250 Å². The van der Waals surface area contributed by atoms with Crippen molar-refractivity contribution in [1.29, 1.82) is 0 Å². The zero-order chi connectivity index (χ0) is 55.7. The Morgan fingerprint density at radius 1 is 0.446 bits per heavy atom. The predicted molar refractivity (Wildman–Crippen MR) is 345 cm³/mol. The molecule has 0 aliphatic heterocycles. The van der Waals surface area contributed by atoms with Crippen LogP contribution in [-0.2, 0) is 10.8 Å². The van der Waals surface area contributed by atoms with E-state index in [1.807, 2.05) is 30.3 Å². The van der Waals surface area contributed by atoms with E-state index in [1.54, 1.807) is 6.07 Å². The summed E-state index contributed by atoms with van der Waals surface area (Å²) in [6.07, 6.45) is 8.94. The van der Waals surface area contributed by atoms with E-state index in [0.717, 1.165) is 83.3 Å². The maximum atomic E-state index is 15.4. The molecule has 1 atom stereocenters. The summed E-state index contributed by atoms with van der Waals surface area (Å²) in [6, 6.07) is 82.6. The van der Waals surface area contributed by atoms with Crippen molar-refractivity contribution in [3.63, 3.8) is 0 Å². The number of hydrogen-bond donors (Lipinski definition) is 1. The van der Waals surface area contributed by atoms with E-state index in [1.165, 1.54) is 71.8 Å². The van der Waals surface area contributed by atoms with Gasteiger partial charge in [-0.25, -0.2) is 4.39 Å². The van der Waals surface area contributed by atoms with Crippen molar-refractivity contribution in [2.45, 2.75) is 38.5 Å². The van der Waals surface area contributed by atoms with Gasteiger partial charge < -0.3 is 19.1 Å². The summed E-state index contributed by atoms with van der Waals surface area (Å²) in [5, 5.41) is 14.7. The molecule has 16 rings (SSSR count). The summed E-state index contributed by atoms with van der Waals surface area (Å²) in [7, 11) is 0. The molecular weight excluding hydrogens is 1020 g/mol. The van der Waals surface area contributed by atoms with E-state index in [4.69, 9.17) is 8.83 Å². The number of hydrogen-bond acceptors (Lipinski definition) is 4. The predicted octanol–water partition coefficient (Wildman–Crippen LogP) is 21.6. The molecule has 0 fully saturated rings. The topological polar surface area (TPSA) is 41.5 Å². The van der Waals surface area contributed by atoms with Crippen LogP contribution < -0.4 is 10.2 Å². The largest absolute Gasteiger partial charge is 0.454 e. The fraction of sp³-hybridized carbons (Fsp3) is 0.0769.